The van der Waals surface area contributed by atoms with Crippen molar-refractivity contribution in [2.45, 2.75) is 0 Å². The van der Waals surface area contributed by atoms with Gasteiger partial charge < -0.3 is 15.4 Å². The lowest BCUT2D eigenvalue weighted by Crippen LogP contribution is -2.36. The monoisotopic (exact) mass is 222 g/mol. The van der Waals surface area contributed by atoms with Crippen LogP contribution in [-0.2, 0) is 4.74 Å². The number of hydrogen-bond donors (Lipinski definition) is 2. The Morgan fingerprint density at radius 1 is 1.44 bits per heavy atom. The van der Waals surface area contributed by atoms with Gasteiger partial charge in [0.2, 0.25) is 0 Å². The fourth-order valence-corrected chi connectivity index (χ4v) is 1.59. The van der Waals surface area contributed by atoms with Crippen molar-refractivity contribution < 1.29 is 9.53 Å². The minimum atomic E-state index is -0.605. The molecular formula is C10H14N4O2. The first kappa shape index (κ1) is 10.7. The number of carbonyl (C=O) groups is 1. The lowest BCUT2D eigenvalue weighted by Gasteiger charge is -2.27. The molecule has 6 heteroatoms. The van der Waals surface area contributed by atoms with Crippen LogP contribution in [0.1, 0.15) is 0 Å². The second-order valence-corrected chi connectivity index (χ2v) is 3.47. The highest BCUT2D eigenvalue weighted by Crippen LogP contribution is 2.15. The number of carbonyl (C=O) groups excluding carboxylic acids is 1. The lowest BCUT2D eigenvalue weighted by molar-refractivity contribution is 0.122. The van der Waals surface area contributed by atoms with Crippen molar-refractivity contribution in [2.75, 3.05) is 36.5 Å². The highest BCUT2D eigenvalue weighted by atomic mass is 16.5. The van der Waals surface area contributed by atoms with E-state index >= 15 is 0 Å². The number of ether oxygens (including phenoxy) is 1. The summed E-state index contributed by atoms with van der Waals surface area (Å²) in [5.74, 6) is 1.30. The quantitative estimate of drug-likeness (QED) is 0.759. The second kappa shape index (κ2) is 4.80. The molecule has 1 aliphatic heterocycles. The Morgan fingerprint density at radius 3 is 2.88 bits per heavy atom. The Hall–Kier alpha value is -1.82. The van der Waals surface area contributed by atoms with Gasteiger partial charge in [-0.25, -0.2) is 9.78 Å². The molecule has 0 saturated carbocycles. The highest BCUT2D eigenvalue weighted by molar-refractivity contribution is 5.86. The molecule has 1 fully saturated rings. The van der Waals surface area contributed by atoms with Gasteiger partial charge in [0.25, 0.3) is 0 Å². The molecule has 6 nitrogen and oxygen atoms in total. The number of aromatic nitrogens is 1. The summed E-state index contributed by atoms with van der Waals surface area (Å²) < 4.78 is 5.26. The predicted octanol–water partition coefficient (Wildman–Crippen LogP) is 0.409. The normalized spacial score (nSPS) is 15.9. The molecule has 2 amide bonds. The zero-order valence-electron chi connectivity index (χ0n) is 8.85. The van der Waals surface area contributed by atoms with Gasteiger partial charge >= 0.3 is 6.03 Å². The summed E-state index contributed by atoms with van der Waals surface area (Å²) in [6.07, 6.45) is 0. The maximum absolute atomic E-state index is 10.7. The highest BCUT2D eigenvalue weighted by Gasteiger charge is 2.12. The Balaban J connectivity index is 2.11. The summed E-state index contributed by atoms with van der Waals surface area (Å²) in [4.78, 5) is 17.1. The van der Waals surface area contributed by atoms with Crippen LogP contribution >= 0.6 is 0 Å². The van der Waals surface area contributed by atoms with E-state index in [2.05, 4.69) is 15.2 Å². The van der Waals surface area contributed by atoms with Gasteiger partial charge in [-0.2, -0.15) is 0 Å². The van der Waals surface area contributed by atoms with Crippen molar-refractivity contribution in [3.05, 3.63) is 18.2 Å². The molecule has 1 saturated heterocycles. The standard InChI is InChI=1S/C10H14N4O2/c11-10(15)13-8-2-1-3-9(12-8)14-4-6-16-7-5-14/h1-3H,4-7H2,(H3,11,12,13,15). The van der Waals surface area contributed by atoms with Crippen LogP contribution in [0, 0.1) is 0 Å². The van der Waals surface area contributed by atoms with Crippen LogP contribution in [0.5, 0.6) is 0 Å². The largest absolute Gasteiger partial charge is 0.378 e. The average Bonchev–Trinajstić information content (AvgIpc) is 2.30. The van der Waals surface area contributed by atoms with Gasteiger partial charge in [0.1, 0.15) is 11.6 Å². The van der Waals surface area contributed by atoms with Crippen LogP contribution < -0.4 is 16.0 Å². The third-order valence-electron chi connectivity index (χ3n) is 2.32. The summed E-state index contributed by atoms with van der Waals surface area (Å²) >= 11 is 0. The van der Waals surface area contributed by atoms with Crippen molar-refractivity contribution in [1.29, 1.82) is 0 Å². The topological polar surface area (TPSA) is 80.5 Å². The molecule has 0 bridgehead atoms. The van der Waals surface area contributed by atoms with Gasteiger partial charge in [0.05, 0.1) is 13.2 Å². The number of nitrogens with zero attached hydrogens (tertiary/aromatic N) is 2. The zero-order chi connectivity index (χ0) is 11.4. The summed E-state index contributed by atoms with van der Waals surface area (Å²) in [6, 6.07) is 4.83. The number of urea groups is 1. The van der Waals surface area contributed by atoms with Crippen LogP contribution in [0.25, 0.3) is 0 Å². The molecule has 0 aromatic carbocycles. The summed E-state index contributed by atoms with van der Waals surface area (Å²) in [6.45, 7) is 3.03. The van der Waals surface area contributed by atoms with E-state index in [0.29, 0.717) is 19.0 Å². The molecule has 0 atom stereocenters. The van der Waals surface area contributed by atoms with Crippen molar-refractivity contribution >= 4 is 17.7 Å². The van der Waals surface area contributed by atoms with Gasteiger partial charge in [-0.1, -0.05) is 6.07 Å². The average molecular weight is 222 g/mol. The van der Waals surface area contributed by atoms with E-state index in [4.69, 9.17) is 10.5 Å². The van der Waals surface area contributed by atoms with Gasteiger partial charge in [-0.15, -0.1) is 0 Å². The van der Waals surface area contributed by atoms with Crippen molar-refractivity contribution in [1.82, 2.24) is 4.98 Å². The number of anilines is 2. The SMILES string of the molecule is NC(=O)Nc1cccc(N2CCOCC2)n1. The molecule has 0 aliphatic carbocycles. The van der Waals surface area contributed by atoms with Crippen LogP contribution in [0.2, 0.25) is 0 Å². The Bertz CT molecular complexity index is 377. The second-order valence-electron chi connectivity index (χ2n) is 3.47. The molecule has 0 radical (unpaired) electrons. The Kier molecular flexibility index (Phi) is 3.21. The molecule has 3 N–H and O–H groups in total. The first-order valence-electron chi connectivity index (χ1n) is 5.12. The van der Waals surface area contributed by atoms with Crippen LogP contribution in [0.3, 0.4) is 0 Å². The number of primary amides is 1. The maximum atomic E-state index is 10.7. The lowest BCUT2D eigenvalue weighted by atomic mass is 10.3. The molecule has 1 aromatic heterocycles. The molecular weight excluding hydrogens is 208 g/mol. The van der Waals surface area contributed by atoms with Gasteiger partial charge in [-0.05, 0) is 12.1 Å². The molecule has 16 heavy (non-hydrogen) atoms. The van der Waals surface area contributed by atoms with E-state index in [9.17, 15) is 4.79 Å². The van der Waals surface area contributed by atoms with Gasteiger partial charge in [0, 0.05) is 13.1 Å². The predicted molar refractivity (Wildman–Crippen MR) is 60.5 cm³/mol. The number of nitrogens with one attached hydrogen (secondary N) is 1. The van der Waals surface area contributed by atoms with Crippen LogP contribution in [-0.4, -0.2) is 37.3 Å². The molecule has 1 aliphatic rings. The fraction of sp³-hybridized carbons (Fsp3) is 0.400. The number of nitrogens with two attached hydrogens (primary N) is 1. The number of hydrogen-bond acceptors (Lipinski definition) is 4. The van der Waals surface area contributed by atoms with Crippen molar-refractivity contribution in [2.24, 2.45) is 5.73 Å². The van der Waals surface area contributed by atoms with Crippen molar-refractivity contribution in [3.63, 3.8) is 0 Å². The van der Waals surface area contributed by atoms with E-state index in [1.165, 1.54) is 0 Å². The third kappa shape index (κ3) is 2.60. The number of amides is 2. The minimum Gasteiger partial charge on any atom is -0.378 e. The van der Waals surface area contributed by atoms with Gasteiger partial charge in [-0.3, -0.25) is 5.32 Å². The maximum Gasteiger partial charge on any atom is 0.317 e. The van der Waals surface area contributed by atoms with Gasteiger partial charge in [0.15, 0.2) is 0 Å². The van der Waals surface area contributed by atoms with E-state index in [-0.39, 0.29) is 0 Å². The molecule has 1 aromatic rings. The summed E-state index contributed by atoms with van der Waals surface area (Å²) in [7, 11) is 0. The summed E-state index contributed by atoms with van der Waals surface area (Å²) in [5.41, 5.74) is 5.03. The van der Waals surface area contributed by atoms with E-state index in [0.717, 1.165) is 18.9 Å². The Morgan fingerprint density at radius 2 is 2.19 bits per heavy atom. The minimum absolute atomic E-state index is 0.469. The first-order chi connectivity index (χ1) is 7.75. The smallest absolute Gasteiger partial charge is 0.317 e. The third-order valence-corrected chi connectivity index (χ3v) is 2.32. The Labute approximate surface area is 93.4 Å². The fourth-order valence-electron chi connectivity index (χ4n) is 1.59. The summed E-state index contributed by atoms with van der Waals surface area (Å²) in [5, 5.41) is 2.45. The molecule has 2 heterocycles. The number of pyridine rings is 1. The van der Waals surface area contributed by atoms with Crippen LogP contribution in [0.15, 0.2) is 18.2 Å². The zero-order valence-corrected chi connectivity index (χ0v) is 8.85. The number of rotatable bonds is 2. The first-order valence-corrected chi connectivity index (χ1v) is 5.12. The van der Waals surface area contributed by atoms with Crippen molar-refractivity contribution in [3.8, 4) is 0 Å². The van der Waals surface area contributed by atoms with E-state index in [1.807, 2.05) is 12.1 Å². The van der Waals surface area contributed by atoms with Crippen LogP contribution in [0.4, 0.5) is 16.4 Å². The van der Waals surface area contributed by atoms with E-state index in [1.54, 1.807) is 6.07 Å². The molecule has 0 spiro atoms. The molecule has 2 rings (SSSR count). The van der Waals surface area contributed by atoms with E-state index < -0.39 is 6.03 Å². The molecule has 86 valence electrons. The molecule has 0 unspecified atom stereocenters. The number of morpholine rings is 1.